The van der Waals surface area contributed by atoms with Crippen LogP contribution in [0.5, 0.6) is 0 Å². The van der Waals surface area contributed by atoms with Crippen LogP contribution in [0.1, 0.15) is 47.0 Å². The van der Waals surface area contributed by atoms with Crippen molar-refractivity contribution < 1.29 is 9.47 Å². The van der Waals surface area contributed by atoms with Crippen LogP contribution >= 0.6 is 24.0 Å². The third-order valence-electron chi connectivity index (χ3n) is 2.91. The number of unbranched alkanes of at least 4 members (excludes halogenated alkanes) is 1. The molecule has 0 amide bonds. The average Bonchev–Trinajstić information content (AvgIpc) is 2.43. The number of ether oxygens (including phenoxy) is 2. The number of aliphatic imine (C=N–C) groups is 1. The quantitative estimate of drug-likeness (QED) is 0.236. The molecule has 0 rings (SSSR count). The molecule has 21 heavy (non-hydrogen) atoms. The van der Waals surface area contributed by atoms with E-state index in [2.05, 4.69) is 29.5 Å². The lowest BCUT2D eigenvalue weighted by molar-refractivity contribution is 0.0310. The van der Waals surface area contributed by atoms with E-state index in [1.807, 2.05) is 13.8 Å². The average molecular weight is 415 g/mol. The fourth-order valence-corrected chi connectivity index (χ4v) is 1.41. The van der Waals surface area contributed by atoms with Crippen LogP contribution in [-0.4, -0.2) is 51.5 Å². The van der Waals surface area contributed by atoms with Gasteiger partial charge in [0.1, 0.15) is 0 Å². The molecule has 6 heteroatoms. The number of hydrogen-bond acceptors (Lipinski definition) is 3. The zero-order chi connectivity index (χ0) is 15.3. The highest BCUT2D eigenvalue weighted by Crippen LogP contribution is 2.06. The van der Waals surface area contributed by atoms with Gasteiger partial charge in [0.2, 0.25) is 0 Å². The molecule has 0 heterocycles. The molecule has 0 aromatic rings. The molecule has 2 N–H and O–H groups in total. The molecular formula is C15H34IN3O2. The van der Waals surface area contributed by atoms with Crippen LogP contribution < -0.4 is 10.6 Å². The summed E-state index contributed by atoms with van der Waals surface area (Å²) in [5.41, 5.74) is -0.231. The van der Waals surface area contributed by atoms with E-state index >= 15 is 0 Å². The summed E-state index contributed by atoms with van der Waals surface area (Å²) in [5.74, 6) is 0.839. The van der Waals surface area contributed by atoms with Gasteiger partial charge in [-0.05, 0) is 33.6 Å². The minimum Gasteiger partial charge on any atom is -0.381 e. The maximum absolute atomic E-state index is 5.53. The molecule has 0 atom stereocenters. The first-order valence-corrected chi connectivity index (χ1v) is 7.70. The molecule has 5 nitrogen and oxygen atoms in total. The predicted molar refractivity (Wildman–Crippen MR) is 101 cm³/mol. The van der Waals surface area contributed by atoms with Crippen molar-refractivity contribution in [1.82, 2.24) is 10.6 Å². The van der Waals surface area contributed by atoms with Gasteiger partial charge in [-0.15, -0.1) is 24.0 Å². The zero-order valence-corrected chi connectivity index (χ0v) is 16.7. The molecule has 0 radical (unpaired) electrons. The summed E-state index contributed by atoms with van der Waals surface area (Å²) < 4.78 is 10.9. The van der Waals surface area contributed by atoms with Crippen molar-refractivity contribution >= 4 is 29.9 Å². The van der Waals surface area contributed by atoms with Gasteiger partial charge in [0.15, 0.2) is 5.96 Å². The number of nitrogens with one attached hydrogen (secondary N) is 2. The van der Waals surface area contributed by atoms with Gasteiger partial charge < -0.3 is 20.1 Å². The van der Waals surface area contributed by atoms with Crippen molar-refractivity contribution in [1.29, 1.82) is 0 Å². The first kappa shape index (κ1) is 23.2. The van der Waals surface area contributed by atoms with Gasteiger partial charge in [-0.3, -0.25) is 4.99 Å². The Morgan fingerprint density at radius 3 is 2.33 bits per heavy atom. The van der Waals surface area contributed by atoms with E-state index in [4.69, 9.17) is 9.47 Å². The van der Waals surface area contributed by atoms with Gasteiger partial charge >= 0.3 is 0 Å². The summed E-state index contributed by atoms with van der Waals surface area (Å²) in [6.07, 6.45) is 3.32. The summed E-state index contributed by atoms with van der Waals surface area (Å²) in [6.45, 7) is 12.3. The molecule has 0 saturated heterocycles. The summed E-state index contributed by atoms with van der Waals surface area (Å²) in [6, 6.07) is 0. The van der Waals surface area contributed by atoms with Gasteiger partial charge in [-0.1, -0.05) is 13.3 Å². The third-order valence-corrected chi connectivity index (χ3v) is 2.91. The number of methoxy groups -OCH3 is 1. The number of hydrogen-bond donors (Lipinski definition) is 2. The number of rotatable bonds is 11. The fourth-order valence-electron chi connectivity index (χ4n) is 1.41. The molecule has 0 bridgehead atoms. The molecule has 0 aliphatic heterocycles. The van der Waals surface area contributed by atoms with Crippen LogP contribution in [0.2, 0.25) is 0 Å². The van der Waals surface area contributed by atoms with Gasteiger partial charge in [-0.2, -0.15) is 0 Å². The first-order chi connectivity index (χ1) is 9.55. The van der Waals surface area contributed by atoms with Crippen LogP contribution in [0, 0.1) is 0 Å². The van der Waals surface area contributed by atoms with Gasteiger partial charge in [0, 0.05) is 33.4 Å². The van der Waals surface area contributed by atoms with Crippen molar-refractivity contribution in [3.05, 3.63) is 0 Å². The largest absolute Gasteiger partial charge is 0.381 e. The Morgan fingerprint density at radius 1 is 1.10 bits per heavy atom. The van der Waals surface area contributed by atoms with Crippen molar-refractivity contribution in [2.24, 2.45) is 4.99 Å². The number of nitrogens with zero attached hydrogens (tertiary/aromatic N) is 1. The minimum atomic E-state index is -0.231. The lowest BCUT2D eigenvalue weighted by atomic mass is 10.1. The van der Waals surface area contributed by atoms with E-state index in [-0.39, 0.29) is 29.6 Å². The molecule has 0 saturated carbocycles. The Bertz CT molecular complexity index is 261. The number of halogens is 1. The van der Waals surface area contributed by atoms with E-state index in [0.717, 1.165) is 45.1 Å². The summed E-state index contributed by atoms with van der Waals surface area (Å²) in [4.78, 5) is 4.53. The van der Waals surface area contributed by atoms with Gasteiger partial charge in [0.05, 0.1) is 12.1 Å². The molecule has 0 aliphatic rings. The third kappa shape index (κ3) is 14.6. The SMILES string of the molecule is CCCCOCCCNC(=NCC(C)(C)OC)NCC.I. The lowest BCUT2D eigenvalue weighted by Crippen LogP contribution is -2.39. The van der Waals surface area contributed by atoms with E-state index in [0.29, 0.717) is 6.54 Å². The Labute approximate surface area is 147 Å². The Morgan fingerprint density at radius 2 is 1.76 bits per heavy atom. The van der Waals surface area contributed by atoms with Crippen molar-refractivity contribution in [3.63, 3.8) is 0 Å². The van der Waals surface area contributed by atoms with E-state index in [1.165, 1.54) is 6.42 Å². The summed E-state index contributed by atoms with van der Waals surface area (Å²) in [5, 5.41) is 6.54. The molecule has 0 aliphatic carbocycles. The molecule has 0 spiro atoms. The van der Waals surface area contributed by atoms with E-state index in [9.17, 15) is 0 Å². The normalized spacial score (nSPS) is 12.0. The topological polar surface area (TPSA) is 54.9 Å². The van der Waals surface area contributed by atoms with Crippen LogP contribution in [-0.2, 0) is 9.47 Å². The minimum absolute atomic E-state index is 0. The second kappa shape index (κ2) is 14.8. The van der Waals surface area contributed by atoms with Gasteiger partial charge in [0.25, 0.3) is 0 Å². The van der Waals surface area contributed by atoms with Crippen LogP contribution in [0.15, 0.2) is 4.99 Å². The molecule has 0 fully saturated rings. The summed E-state index contributed by atoms with van der Waals surface area (Å²) in [7, 11) is 1.71. The van der Waals surface area contributed by atoms with E-state index < -0.39 is 0 Å². The van der Waals surface area contributed by atoms with Crippen molar-refractivity contribution in [2.45, 2.75) is 52.6 Å². The highest BCUT2D eigenvalue weighted by molar-refractivity contribution is 14.0. The predicted octanol–water partition coefficient (Wildman–Crippen LogP) is 2.79. The summed E-state index contributed by atoms with van der Waals surface area (Å²) >= 11 is 0. The van der Waals surface area contributed by atoms with Crippen LogP contribution in [0.3, 0.4) is 0 Å². The van der Waals surface area contributed by atoms with Crippen molar-refractivity contribution in [3.8, 4) is 0 Å². The Kier molecular flexibility index (Phi) is 16.4. The molecule has 128 valence electrons. The second-order valence-corrected chi connectivity index (χ2v) is 5.41. The number of guanidine groups is 1. The highest BCUT2D eigenvalue weighted by atomic mass is 127. The molecule has 0 aromatic carbocycles. The van der Waals surface area contributed by atoms with E-state index in [1.54, 1.807) is 7.11 Å². The maximum atomic E-state index is 5.53. The standard InChI is InChI=1S/C15H33N3O2.HI/c1-6-8-11-20-12-9-10-17-14(16-7-2)18-13-15(3,4)19-5;/h6-13H2,1-5H3,(H2,16,17,18);1H. The van der Waals surface area contributed by atoms with Crippen LogP contribution in [0.25, 0.3) is 0 Å². The van der Waals surface area contributed by atoms with Crippen molar-refractivity contribution in [2.75, 3.05) is 40.0 Å². The molecular weight excluding hydrogens is 381 g/mol. The second-order valence-electron chi connectivity index (χ2n) is 5.41. The van der Waals surface area contributed by atoms with Crippen LogP contribution in [0.4, 0.5) is 0 Å². The Hall–Kier alpha value is -0.0800. The monoisotopic (exact) mass is 415 g/mol. The molecule has 0 unspecified atom stereocenters. The molecule has 0 aromatic heterocycles. The zero-order valence-electron chi connectivity index (χ0n) is 14.3. The van der Waals surface area contributed by atoms with Gasteiger partial charge in [-0.25, -0.2) is 0 Å². The lowest BCUT2D eigenvalue weighted by Gasteiger charge is -2.21. The first-order valence-electron chi connectivity index (χ1n) is 7.70. The fraction of sp³-hybridized carbons (Fsp3) is 0.933. The maximum Gasteiger partial charge on any atom is 0.191 e. The highest BCUT2D eigenvalue weighted by Gasteiger charge is 2.15. The smallest absolute Gasteiger partial charge is 0.191 e. The Balaban J connectivity index is 0.